The van der Waals surface area contributed by atoms with Crippen LogP contribution in [-0.2, 0) is 11.8 Å². The first-order valence-electron chi connectivity index (χ1n) is 11.2. The molecule has 4 aromatic rings. The van der Waals surface area contributed by atoms with Crippen LogP contribution in [0, 0.1) is 0 Å². The summed E-state index contributed by atoms with van der Waals surface area (Å²) in [7, 11) is 1.67. The van der Waals surface area contributed by atoms with Gasteiger partial charge in [0, 0.05) is 31.6 Å². The summed E-state index contributed by atoms with van der Waals surface area (Å²) in [6.45, 7) is 0.590. The van der Waals surface area contributed by atoms with Gasteiger partial charge < -0.3 is 14.6 Å². The summed E-state index contributed by atoms with van der Waals surface area (Å²) in [4.78, 5) is 23.8. The topological polar surface area (TPSA) is 78.2 Å². The van der Waals surface area contributed by atoms with Gasteiger partial charge in [-0.15, -0.1) is 0 Å². The van der Waals surface area contributed by atoms with Gasteiger partial charge in [0.05, 0.1) is 22.9 Å². The molecule has 1 fully saturated rings. The maximum Gasteiger partial charge on any atom is 0.321 e. The van der Waals surface area contributed by atoms with E-state index in [4.69, 9.17) is 4.74 Å². The fourth-order valence-electron chi connectivity index (χ4n) is 4.18. The Hall–Kier alpha value is -4.01. The molecule has 1 amide bonds. The molecular formula is C26H24F2N4O3. The maximum atomic E-state index is 13.6. The lowest BCUT2D eigenvalue weighted by atomic mass is 9.99. The summed E-state index contributed by atoms with van der Waals surface area (Å²) in [5, 5.41) is 7.79. The van der Waals surface area contributed by atoms with Crippen molar-refractivity contribution in [2.75, 3.05) is 0 Å². The number of carbonyl (C=O) groups excluding carboxylic acids is 1. The first-order valence-corrected chi connectivity index (χ1v) is 11.2. The van der Waals surface area contributed by atoms with Crippen LogP contribution in [0.2, 0.25) is 0 Å². The molecule has 180 valence electrons. The van der Waals surface area contributed by atoms with Crippen molar-refractivity contribution < 1.29 is 18.3 Å². The Morgan fingerprint density at radius 1 is 1.14 bits per heavy atom. The van der Waals surface area contributed by atoms with Gasteiger partial charge >= 0.3 is 5.92 Å². The number of aromatic nitrogens is 3. The number of fused-ring (bicyclic) bond motifs is 1. The molecule has 7 nitrogen and oxygen atoms in total. The molecule has 0 bridgehead atoms. The molecule has 35 heavy (non-hydrogen) atoms. The second-order valence-corrected chi connectivity index (χ2v) is 9.02. The number of nitrogens with one attached hydrogen (secondary N) is 1. The lowest BCUT2D eigenvalue weighted by Crippen LogP contribution is -2.49. The lowest BCUT2D eigenvalue weighted by Gasteiger charge is -2.30. The van der Waals surface area contributed by atoms with Crippen molar-refractivity contribution >= 4 is 16.8 Å². The lowest BCUT2D eigenvalue weighted by molar-refractivity contribution is -0.145. The van der Waals surface area contributed by atoms with E-state index in [0.29, 0.717) is 25.5 Å². The van der Waals surface area contributed by atoms with Crippen LogP contribution in [0.25, 0.3) is 16.6 Å². The van der Waals surface area contributed by atoms with Crippen LogP contribution in [0.15, 0.2) is 77.9 Å². The Balaban J connectivity index is 1.47. The third-order valence-corrected chi connectivity index (χ3v) is 6.26. The number of alkyl halides is 2. The Morgan fingerprint density at radius 3 is 2.54 bits per heavy atom. The zero-order valence-corrected chi connectivity index (χ0v) is 19.2. The van der Waals surface area contributed by atoms with Crippen LogP contribution in [0.3, 0.4) is 0 Å². The molecule has 1 aliphatic carbocycles. The number of rotatable bonds is 7. The van der Waals surface area contributed by atoms with E-state index >= 15 is 0 Å². The largest absolute Gasteiger partial charge is 0.483 e. The second kappa shape index (κ2) is 8.33. The zero-order valence-electron chi connectivity index (χ0n) is 19.2. The standard InChI is InChI=1S/C26H24F2N4O3/c1-25(27,28)24(34)30-26(12-13-26)23(17-6-4-3-5-7-17)35-20-9-10-21-18(14-20)15-29-32(21)19-8-11-22(33)31(2)16-19/h3-11,14-16,23H,12-13H2,1-2H3,(H,30,34). The van der Waals surface area contributed by atoms with Crippen molar-refractivity contribution in [1.82, 2.24) is 19.7 Å². The van der Waals surface area contributed by atoms with Crippen molar-refractivity contribution in [1.29, 1.82) is 0 Å². The van der Waals surface area contributed by atoms with Gasteiger partial charge in [0.15, 0.2) is 0 Å². The third-order valence-electron chi connectivity index (χ3n) is 6.26. The summed E-state index contributed by atoms with van der Waals surface area (Å²) in [5.41, 5.74) is 1.30. The van der Waals surface area contributed by atoms with Gasteiger partial charge in [0.2, 0.25) is 5.56 Å². The molecule has 1 atom stereocenters. The van der Waals surface area contributed by atoms with Crippen LogP contribution >= 0.6 is 0 Å². The van der Waals surface area contributed by atoms with Gasteiger partial charge in [0.25, 0.3) is 5.91 Å². The van der Waals surface area contributed by atoms with E-state index in [-0.39, 0.29) is 5.56 Å². The molecule has 2 aromatic heterocycles. The van der Waals surface area contributed by atoms with Gasteiger partial charge in [-0.25, -0.2) is 4.68 Å². The quantitative estimate of drug-likeness (QED) is 0.433. The molecule has 1 N–H and O–H groups in total. The van der Waals surface area contributed by atoms with Crippen LogP contribution in [0.5, 0.6) is 5.75 Å². The molecule has 9 heteroatoms. The van der Waals surface area contributed by atoms with E-state index in [1.165, 1.54) is 10.6 Å². The second-order valence-electron chi connectivity index (χ2n) is 9.02. The molecule has 0 aliphatic heterocycles. The highest BCUT2D eigenvalue weighted by Gasteiger charge is 2.55. The molecule has 1 saturated carbocycles. The van der Waals surface area contributed by atoms with Crippen molar-refractivity contribution in [3.05, 3.63) is 89.0 Å². The Labute approximate surface area is 199 Å². The van der Waals surface area contributed by atoms with E-state index in [0.717, 1.165) is 22.2 Å². The first kappa shape index (κ1) is 22.8. The molecule has 2 aromatic carbocycles. The van der Waals surface area contributed by atoms with E-state index in [9.17, 15) is 18.4 Å². The predicted molar refractivity (Wildman–Crippen MR) is 127 cm³/mol. The van der Waals surface area contributed by atoms with Gasteiger partial charge in [0.1, 0.15) is 11.9 Å². The SMILES string of the molecule is Cn1cc(-n2ncc3cc(OC(c4ccccc4)C4(NC(=O)C(C)(F)F)CC4)ccc32)ccc1=O. The summed E-state index contributed by atoms with van der Waals surface area (Å²) in [6.07, 6.45) is 3.80. The van der Waals surface area contributed by atoms with E-state index in [1.54, 1.807) is 36.3 Å². The summed E-state index contributed by atoms with van der Waals surface area (Å²) >= 11 is 0. The van der Waals surface area contributed by atoms with E-state index < -0.39 is 23.5 Å². The first-order chi connectivity index (χ1) is 16.7. The number of amides is 1. The number of benzene rings is 2. The minimum absolute atomic E-state index is 0.116. The van der Waals surface area contributed by atoms with Crippen molar-refractivity contribution in [3.8, 4) is 11.4 Å². The summed E-state index contributed by atoms with van der Waals surface area (Å²) in [6, 6.07) is 17.9. The number of carbonyl (C=O) groups is 1. The summed E-state index contributed by atoms with van der Waals surface area (Å²) < 4.78 is 36.9. The Kier molecular flexibility index (Phi) is 5.42. The molecular weight excluding hydrogens is 454 g/mol. The Bertz CT molecular complexity index is 1450. The van der Waals surface area contributed by atoms with Crippen LogP contribution in [0.4, 0.5) is 8.78 Å². The molecule has 1 unspecified atom stereocenters. The predicted octanol–water partition coefficient (Wildman–Crippen LogP) is 4.15. The smallest absolute Gasteiger partial charge is 0.321 e. The van der Waals surface area contributed by atoms with Gasteiger partial charge in [-0.05, 0) is 42.7 Å². The molecule has 5 rings (SSSR count). The van der Waals surface area contributed by atoms with Crippen molar-refractivity contribution in [2.45, 2.75) is 37.3 Å². The number of hydrogen-bond donors (Lipinski definition) is 1. The normalized spacial score (nSPS) is 15.5. The van der Waals surface area contributed by atoms with Crippen LogP contribution in [-0.4, -0.2) is 31.7 Å². The average molecular weight is 478 g/mol. The highest BCUT2D eigenvalue weighted by molar-refractivity contribution is 5.84. The molecule has 2 heterocycles. The number of hydrogen-bond acceptors (Lipinski definition) is 4. The molecule has 0 radical (unpaired) electrons. The average Bonchev–Trinajstić information content (AvgIpc) is 3.48. The number of nitrogens with zero attached hydrogens (tertiary/aromatic N) is 3. The number of halogens is 2. The minimum Gasteiger partial charge on any atom is -0.483 e. The zero-order chi connectivity index (χ0) is 24.8. The third kappa shape index (κ3) is 4.41. The van der Waals surface area contributed by atoms with Crippen LogP contribution in [0.1, 0.15) is 31.4 Å². The highest BCUT2D eigenvalue weighted by Crippen LogP contribution is 2.48. The fraction of sp³-hybridized carbons (Fsp3) is 0.269. The van der Waals surface area contributed by atoms with Crippen molar-refractivity contribution in [3.63, 3.8) is 0 Å². The fourth-order valence-corrected chi connectivity index (χ4v) is 4.18. The van der Waals surface area contributed by atoms with Gasteiger partial charge in [-0.1, -0.05) is 30.3 Å². The molecule has 0 spiro atoms. The van der Waals surface area contributed by atoms with Gasteiger partial charge in [-0.2, -0.15) is 13.9 Å². The number of pyridine rings is 1. The minimum atomic E-state index is -3.48. The highest BCUT2D eigenvalue weighted by atomic mass is 19.3. The maximum absolute atomic E-state index is 13.6. The van der Waals surface area contributed by atoms with Crippen LogP contribution < -0.4 is 15.6 Å². The summed E-state index contributed by atoms with van der Waals surface area (Å²) in [5.74, 6) is -4.27. The number of aryl methyl sites for hydroxylation is 1. The molecule has 0 saturated heterocycles. The monoisotopic (exact) mass is 478 g/mol. The van der Waals surface area contributed by atoms with E-state index in [2.05, 4.69) is 10.4 Å². The van der Waals surface area contributed by atoms with Gasteiger partial charge in [-0.3, -0.25) is 9.59 Å². The van der Waals surface area contributed by atoms with E-state index in [1.807, 2.05) is 42.5 Å². The van der Waals surface area contributed by atoms with Crippen molar-refractivity contribution in [2.24, 2.45) is 7.05 Å². The molecule has 1 aliphatic rings. The Morgan fingerprint density at radius 2 is 1.89 bits per heavy atom. The number of ether oxygens (including phenoxy) is 1.